The number of carbonyl (C=O) groups is 1. The van der Waals surface area contributed by atoms with Crippen LogP contribution in [0.5, 0.6) is 11.6 Å². The molecule has 1 fully saturated rings. The Morgan fingerprint density at radius 3 is 2.39 bits per heavy atom. The normalized spacial score (nSPS) is 15.5. The van der Waals surface area contributed by atoms with Crippen molar-refractivity contribution in [2.24, 2.45) is 0 Å². The fraction of sp³-hybridized carbons (Fsp3) is 0.346. The number of nitrogens with zero attached hydrogens (tertiary/aromatic N) is 2. The van der Waals surface area contributed by atoms with Crippen molar-refractivity contribution in [3.8, 4) is 11.6 Å². The van der Waals surface area contributed by atoms with Gasteiger partial charge in [-0.15, -0.1) is 10.2 Å². The van der Waals surface area contributed by atoms with Crippen molar-refractivity contribution >= 4 is 21.3 Å². The Bertz CT molecular complexity index is 1530. The van der Waals surface area contributed by atoms with Gasteiger partial charge in [0.25, 0.3) is 11.8 Å². The molecular weight excluding hydrogens is 524 g/mol. The number of carbonyl (C=O) groups excluding carboxylic acids is 1. The molecule has 0 aliphatic heterocycles. The Kier molecular flexibility index (Phi) is 7.21. The fourth-order valence-electron chi connectivity index (χ4n) is 4.36. The van der Waals surface area contributed by atoms with E-state index in [1.54, 1.807) is 13.0 Å². The molecule has 3 aromatic rings. The molecule has 0 spiro atoms. The van der Waals surface area contributed by atoms with Crippen molar-refractivity contribution in [1.82, 2.24) is 10.2 Å². The zero-order valence-corrected chi connectivity index (χ0v) is 21.9. The molecule has 202 valence electrons. The van der Waals surface area contributed by atoms with Crippen LogP contribution >= 0.6 is 0 Å². The molecule has 0 bridgehead atoms. The molecule has 1 heterocycles. The van der Waals surface area contributed by atoms with Gasteiger partial charge < -0.3 is 10.1 Å². The predicted octanol–water partition coefficient (Wildman–Crippen LogP) is 6.91. The van der Waals surface area contributed by atoms with Gasteiger partial charge in [-0.25, -0.2) is 13.4 Å². The highest BCUT2D eigenvalue weighted by Crippen LogP contribution is 2.42. The molecule has 1 atom stereocenters. The second-order valence-electron chi connectivity index (χ2n) is 9.46. The summed E-state index contributed by atoms with van der Waals surface area (Å²) in [6, 6.07) is 7.28. The van der Waals surface area contributed by atoms with Crippen LogP contribution in [0.25, 0.3) is 0 Å². The first kappa shape index (κ1) is 27.5. The van der Waals surface area contributed by atoms with Crippen molar-refractivity contribution in [3.05, 3.63) is 69.7 Å². The second kappa shape index (κ2) is 9.97. The standard InChI is InChI=1S/C26H26F4N4O3S/c1-13-11-19(16-7-5-8-16)21(27)15(3)22(13)37-25-20(14(2)23(33-34-25)26(28,29)30)24(35)32-17-9-6-10-18(12-17)38(4,31)36/h6,9-12,16,31H,5,7-8H2,1-4H3,(H,32,35). The average molecular weight is 551 g/mol. The number of anilines is 1. The van der Waals surface area contributed by atoms with Gasteiger partial charge in [0.05, 0.1) is 9.73 Å². The molecule has 1 saturated carbocycles. The molecule has 1 unspecified atom stereocenters. The van der Waals surface area contributed by atoms with E-state index in [9.17, 15) is 22.2 Å². The molecule has 1 aromatic heterocycles. The first-order valence-electron chi connectivity index (χ1n) is 11.8. The number of benzene rings is 2. The van der Waals surface area contributed by atoms with Crippen molar-refractivity contribution < 1.29 is 31.3 Å². The van der Waals surface area contributed by atoms with Crippen LogP contribution < -0.4 is 10.1 Å². The monoisotopic (exact) mass is 550 g/mol. The SMILES string of the molecule is Cc1cc(C2CCC2)c(F)c(C)c1Oc1nnc(C(F)(F)F)c(C)c1C(=O)Nc1cccc(S(C)(=N)=O)c1. The third-order valence-electron chi connectivity index (χ3n) is 6.62. The van der Waals surface area contributed by atoms with E-state index in [2.05, 4.69) is 15.5 Å². The van der Waals surface area contributed by atoms with E-state index in [0.29, 0.717) is 11.1 Å². The maximum Gasteiger partial charge on any atom is 0.435 e. The van der Waals surface area contributed by atoms with E-state index in [1.807, 2.05) is 0 Å². The number of aryl methyl sites for hydroxylation is 1. The van der Waals surface area contributed by atoms with Gasteiger partial charge in [-0.05, 0) is 80.5 Å². The van der Waals surface area contributed by atoms with E-state index in [-0.39, 0.29) is 27.8 Å². The van der Waals surface area contributed by atoms with Gasteiger partial charge in [0.1, 0.15) is 17.1 Å². The lowest BCUT2D eigenvalue weighted by molar-refractivity contribution is -0.142. The Morgan fingerprint density at radius 1 is 1.13 bits per heavy atom. The molecule has 7 nitrogen and oxygen atoms in total. The smallest absolute Gasteiger partial charge is 0.435 e. The summed E-state index contributed by atoms with van der Waals surface area (Å²) in [6.07, 6.45) is -0.936. The Labute approximate surface area is 217 Å². The Balaban J connectivity index is 1.78. The van der Waals surface area contributed by atoms with E-state index < -0.39 is 50.3 Å². The molecule has 38 heavy (non-hydrogen) atoms. The summed E-state index contributed by atoms with van der Waals surface area (Å²) in [5.41, 5.74) is -1.08. The molecule has 1 aliphatic rings. The molecule has 1 aliphatic carbocycles. The number of alkyl halides is 3. The highest BCUT2D eigenvalue weighted by atomic mass is 32.2. The maximum absolute atomic E-state index is 15.2. The van der Waals surface area contributed by atoms with Crippen LogP contribution in [-0.4, -0.2) is 26.6 Å². The molecule has 4 rings (SSSR count). The van der Waals surface area contributed by atoms with Crippen molar-refractivity contribution in [3.63, 3.8) is 0 Å². The molecule has 2 N–H and O–H groups in total. The summed E-state index contributed by atoms with van der Waals surface area (Å²) < 4.78 is 81.7. The minimum absolute atomic E-state index is 0.0370. The van der Waals surface area contributed by atoms with E-state index in [4.69, 9.17) is 9.52 Å². The maximum atomic E-state index is 15.2. The molecule has 0 saturated heterocycles. The zero-order valence-electron chi connectivity index (χ0n) is 21.1. The van der Waals surface area contributed by atoms with Crippen LogP contribution in [-0.2, 0) is 15.9 Å². The minimum atomic E-state index is -4.90. The van der Waals surface area contributed by atoms with Gasteiger partial charge in [-0.2, -0.15) is 13.2 Å². The Morgan fingerprint density at radius 2 is 1.82 bits per heavy atom. The summed E-state index contributed by atoms with van der Waals surface area (Å²) in [7, 11) is -3.11. The van der Waals surface area contributed by atoms with Gasteiger partial charge in [-0.3, -0.25) is 4.79 Å². The zero-order chi connectivity index (χ0) is 28.0. The third kappa shape index (κ3) is 5.35. The number of hydrogen-bond acceptors (Lipinski definition) is 6. The summed E-state index contributed by atoms with van der Waals surface area (Å²) in [4.78, 5) is 13.4. The van der Waals surface area contributed by atoms with E-state index in [1.165, 1.54) is 37.4 Å². The number of amides is 1. The van der Waals surface area contributed by atoms with E-state index in [0.717, 1.165) is 26.2 Å². The van der Waals surface area contributed by atoms with Crippen LogP contribution in [0.3, 0.4) is 0 Å². The van der Waals surface area contributed by atoms with Gasteiger partial charge in [0.2, 0.25) is 0 Å². The quantitative estimate of drug-likeness (QED) is 0.325. The number of halogens is 4. The van der Waals surface area contributed by atoms with Crippen LogP contribution in [0, 0.1) is 31.4 Å². The highest BCUT2D eigenvalue weighted by Gasteiger charge is 2.38. The highest BCUT2D eigenvalue weighted by molar-refractivity contribution is 7.91. The number of nitrogens with one attached hydrogen (secondary N) is 2. The Hall–Kier alpha value is -3.54. The summed E-state index contributed by atoms with van der Waals surface area (Å²) >= 11 is 0. The third-order valence-corrected chi connectivity index (χ3v) is 7.77. The number of ether oxygens (including phenoxy) is 1. The predicted molar refractivity (Wildman–Crippen MR) is 134 cm³/mol. The topological polar surface area (TPSA) is 105 Å². The lowest BCUT2D eigenvalue weighted by Crippen LogP contribution is -2.21. The van der Waals surface area contributed by atoms with Crippen LogP contribution in [0.4, 0.5) is 23.2 Å². The molecule has 1 amide bonds. The first-order valence-corrected chi connectivity index (χ1v) is 13.7. The van der Waals surface area contributed by atoms with Crippen molar-refractivity contribution in [1.29, 1.82) is 4.78 Å². The van der Waals surface area contributed by atoms with Gasteiger partial charge in [0, 0.05) is 22.4 Å². The molecule has 12 heteroatoms. The minimum Gasteiger partial charge on any atom is -0.436 e. The molecular formula is C26H26F4N4O3S. The van der Waals surface area contributed by atoms with Gasteiger partial charge >= 0.3 is 6.18 Å². The van der Waals surface area contributed by atoms with Gasteiger partial charge in [0.15, 0.2) is 5.69 Å². The van der Waals surface area contributed by atoms with Crippen LogP contribution in [0.1, 0.15) is 63.5 Å². The lowest BCUT2D eigenvalue weighted by Gasteiger charge is -2.28. The van der Waals surface area contributed by atoms with Crippen LogP contribution in [0.2, 0.25) is 0 Å². The largest absolute Gasteiger partial charge is 0.436 e. The number of hydrogen-bond donors (Lipinski definition) is 2. The van der Waals surface area contributed by atoms with Gasteiger partial charge in [-0.1, -0.05) is 12.5 Å². The van der Waals surface area contributed by atoms with E-state index >= 15 is 4.39 Å². The molecule has 2 aromatic carbocycles. The fourth-order valence-corrected chi connectivity index (χ4v) is 5.05. The van der Waals surface area contributed by atoms with Crippen molar-refractivity contribution in [2.75, 3.05) is 11.6 Å². The summed E-state index contributed by atoms with van der Waals surface area (Å²) in [5, 5.41) is 9.28. The van der Waals surface area contributed by atoms with Crippen molar-refractivity contribution in [2.45, 2.75) is 57.0 Å². The summed E-state index contributed by atoms with van der Waals surface area (Å²) in [6.45, 7) is 4.25. The summed E-state index contributed by atoms with van der Waals surface area (Å²) in [5.74, 6) is -1.84. The average Bonchev–Trinajstić information content (AvgIpc) is 2.77. The first-order chi connectivity index (χ1) is 17.7. The lowest BCUT2D eigenvalue weighted by atomic mass is 9.78. The molecule has 0 radical (unpaired) electrons. The number of aromatic nitrogens is 2. The number of rotatable bonds is 6. The van der Waals surface area contributed by atoms with Crippen LogP contribution in [0.15, 0.2) is 35.2 Å². The second-order valence-corrected chi connectivity index (χ2v) is 11.6.